The topological polar surface area (TPSA) is 64.3 Å². The highest BCUT2D eigenvalue weighted by Crippen LogP contribution is 2.25. The van der Waals surface area contributed by atoms with Crippen molar-refractivity contribution >= 4 is 21.7 Å². The molecule has 5 nitrogen and oxygen atoms in total. The standard InChI is InChI=1S/C9H15BrN4O/c1-14(2)4-3-5-15-9-7(10)8(11)12-6-13-9/h6H,3-5H2,1-2H3,(H2,11,12,13). The number of hydrogen-bond acceptors (Lipinski definition) is 5. The summed E-state index contributed by atoms with van der Waals surface area (Å²) in [6.07, 6.45) is 2.34. The smallest absolute Gasteiger partial charge is 0.233 e. The second-order valence-electron chi connectivity index (χ2n) is 3.38. The Morgan fingerprint density at radius 1 is 1.47 bits per heavy atom. The minimum atomic E-state index is 0.396. The molecule has 0 aliphatic rings. The summed E-state index contributed by atoms with van der Waals surface area (Å²) in [4.78, 5) is 9.91. The third-order valence-electron chi connectivity index (χ3n) is 1.77. The molecule has 15 heavy (non-hydrogen) atoms. The van der Waals surface area contributed by atoms with Crippen LogP contribution in [0.15, 0.2) is 10.8 Å². The average Bonchev–Trinajstić information content (AvgIpc) is 2.18. The Morgan fingerprint density at radius 3 is 2.87 bits per heavy atom. The van der Waals surface area contributed by atoms with Crippen molar-refractivity contribution in [3.8, 4) is 5.88 Å². The molecular weight excluding hydrogens is 260 g/mol. The SMILES string of the molecule is CN(C)CCCOc1ncnc(N)c1Br. The highest BCUT2D eigenvalue weighted by molar-refractivity contribution is 9.10. The van der Waals surface area contributed by atoms with Crippen molar-refractivity contribution in [3.05, 3.63) is 10.8 Å². The van der Waals surface area contributed by atoms with Crippen LogP contribution >= 0.6 is 15.9 Å². The molecule has 2 N–H and O–H groups in total. The quantitative estimate of drug-likeness (QED) is 0.817. The fourth-order valence-corrected chi connectivity index (χ4v) is 1.34. The summed E-state index contributed by atoms with van der Waals surface area (Å²) in [5, 5.41) is 0. The highest BCUT2D eigenvalue weighted by atomic mass is 79.9. The summed E-state index contributed by atoms with van der Waals surface area (Å²) in [5.41, 5.74) is 5.59. The van der Waals surface area contributed by atoms with E-state index in [9.17, 15) is 0 Å². The van der Waals surface area contributed by atoms with E-state index in [0.29, 0.717) is 22.8 Å². The molecule has 0 saturated carbocycles. The summed E-state index contributed by atoms with van der Waals surface area (Å²) in [5.74, 6) is 0.897. The first-order valence-electron chi connectivity index (χ1n) is 4.64. The van der Waals surface area contributed by atoms with Gasteiger partial charge in [-0.05, 0) is 36.4 Å². The molecule has 84 valence electrons. The van der Waals surface area contributed by atoms with E-state index in [2.05, 4.69) is 30.8 Å². The van der Waals surface area contributed by atoms with Crippen molar-refractivity contribution in [3.63, 3.8) is 0 Å². The third-order valence-corrected chi connectivity index (χ3v) is 2.52. The van der Waals surface area contributed by atoms with Gasteiger partial charge in [0.1, 0.15) is 16.6 Å². The third kappa shape index (κ3) is 4.01. The van der Waals surface area contributed by atoms with Crippen LogP contribution in [-0.2, 0) is 0 Å². The largest absolute Gasteiger partial charge is 0.477 e. The van der Waals surface area contributed by atoms with Crippen LogP contribution < -0.4 is 10.5 Å². The summed E-state index contributed by atoms with van der Waals surface area (Å²) in [7, 11) is 4.05. The maximum atomic E-state index is 5.59. The summed E-state index contributed by atoms with van der Waals surface area (Å²) >= 11 is 3.28. The van der Waals surface area contributed by atoms with E-state index < -0.39 is 0 Å². The molecule has 0 aliphatic heterocycles. The van der Waals surface area contributed by atoms with E-state index in [1.165, 1.54) is 6.33 Å². The van der Waals surface area contributed by atoms with Gasteiger partial charge in [-0.15, -0.1) is 0 Å². The fraction of sp³-hybridized carbons (Fsp3) is 0.556. The van der Waals surface area contributed by atoms with Gasteiger partial charge in [0.2, 0.25) is 5.88 Å². The Balaban J connectivity index is 2.41. The number of nitrogens with two attached hydrogens (primary N) is 1. The number of rotatable bonds is 5. The minimum absolute atomic E-state index is 0.396. The fourth-order valence-electron chi connectivity index (χ4n) is 1.02. The maximum Gasteiger partial charge on any atom is 0.233 e. The Labute approximate surface area is 97.8 Å². The average molecular weight is 275 g/mol. The molecule has 6 heteroatoms. The molecule has 0 unspecified atom stereocenters. The molecule has 0 bridgehead atoms. The summed E-state index contributed by atoms with van der Waals surface area (Å²) in [6.45, 7) is 1.60. The molecule has 0 fully saturated rings. The van der Waals surface area contributed by atoms with Gasteiger partial charge in [-0.3, -0.25) is 0 Å². The predicted molar refractivity (Wildman–Crippen MR) is 62.8 cm³/mol. The zero-order valence-corrected chi connectivity index (χ0v) is 10.5. The van der Waals surface area contributed by atoms with Crippen molar-refractivity contribution in [2.24, 2.45) is 0 Å². The first-order chi connectivity index (χ1) is 7.11. The zero-order valence-electron chi connectivity index (χ0n) is 8.90. The Kier molecular flexibility index (Phi) is 4.77. The van der Waals surface area contributed by atoms with Gasteiger partial charge in [-0.25, -0.2) is 9.97 Å². The van der Waals surface area contributed by atoms with Gasteiger partial charge < -0.3 is 15.4 Å². The number of hydrogen-bond donors (Lipinski definition) is 1. The lowest BCUT2D eigenvalue weighted by Gasteiger charge is -2.10. The zero-order chi connectivity index (χ0) is 11.3. The predicted octanol–water partition coefficient (Wildman–Crippen LogP) is 1.15. The molecule has 0 atom stereocenters. The second kappa shape index (κ2) is 5.87. The number of nitrogens with zero attached hydrogens (tertiary/aromatic N) is 3. The van der Waals surface area contributed by atoms with Crippen molar-refractivity contribution < 1.29 is 4.74 Å². The van der Waals surface area contributed by atoms with Crippen LogP contribution in [-0.4, -0.2) is 42.1 Å². The highest BCUT2D eigenvalue weighted by Gasteiger charge is 2.06. The number of anilines is 1. The summed E-state index contributed by atoms with van der Waals surface area (Å²) in [6, 6.07) is 0. The molecule has 1 aromatic heterocycles. The van der Waals surface area contributed by atoms with Crippen LogP contribution in [0.25, 0.3) is 0 Å². The number of nitrogen functional groups attached to an aromatic ring is 1. The van der Waals surface area contributed by atoms with Gasteiger partial charge in [-0.2, -0.15) is 0 Å². The lowest BCUT2D eigenvalue weighted by atomic mass is 10.4. The first kappa shape index (κ1) is 12.2. The molecule has 1 heterocycles. The molecule has 1 aromatic rings. The van der Waals surface area contributed by atoms with Crippen LogP contribution in [0.4, 0.5) is 5.82 Å². The van der Waals surface area contributed by atoms with Gasteiger partial charge >= 0.3 is 0 Å². The van der Waals surface area contributed by atoms with E-state index in [4.69, 9.17) is 10.5 Å². The molecule has 0 saturated heterocycles. The maximum absolute atomic E-state index is 5.59. The van der Waals surface area contributed by atoms with E-state index >= 15 is 0 Å². The van der Waals surface area contributed by atoms with Crippen LogP contribution in [0, 0.1) is 0 Å². The number of aromatic nitrogens is 2. The van der Waals surface area contributed by atoms with Crippen molar-refractivity contribution in [2.75, 3.05) is 33.0 Å². The van der Waals surface area contributed by atoms with Crippen LogP contribution in [0.1, 0.15) is 6.42 Å². The van der Waals surface area contributed by atoms with Crippen molar-refractivity contribution in [2.45, 2.75) is 6.42 Å². The van der Waals surface area contributed by atoms with E-state index in [1.54, 1.807) is 0 Å². The number of halogens is 1. The first-order valence-corrected chi connectivity index (χ1v) is 5.44. The Bertz CT molecular complexity index is 319. The van der Waals surface area contributed by atoms with E-state index in [-0.39, 0.29) is 0 Å². The van der Waals surface area contributed by atoms with Gasteiger partial charge in [0.15, 0.2) is 0 Å². The van der Waals surface area contributed by atoms with Crippen LogP contribution in [0.2, 0.25) is 0 Å². The monoisotopic (exact) mass is 274 g/mol. The lowest BCUT2D eigenvalue weighted by Crippen LogP contribution is -2.15. The van der Waals surface area contributed by atoms with Gasteiger partial charge in [0.25, 0.3) is 0 Å². The Morgan fingerprint density at radius 2 is 2.20 bits per heavy atom. The molecule has 0 aliphatic carbocycles. The molecule has 0 radical (unpaired) electrons. The molecular formula is C9H15BrN4O. The lowest BCUT2D eigenvalue weighted by molar-refractivity contribution is 0.271. The van der Waals surface area contributed by atoms with Crippen molar-refractivity contribution in [1.29, 1.82) is 0 Å². The van der Waals surface area contributed by atoms with Gasteiger partial charge in [0.05, 0.1) is 6.61 Å². The summed E-state index contributed by atoms with van der Waals surface area (Å²) < 4.78 is 6.08. The van der Waals surface area contributed by atoms with Crippen molar-refractivity contribution in [1.82, 2.24) is 14.9 Å². The molecule has 0 aromatic carbocycles. The van der Waals surface area contributed by atoms with E-state index in [1.807, 2.05) is 14.1 Å². The normalized spacial score (nSPS) is 10.7. The van der Waals surface area contributed by atoms with Crippen LogP contribution in [0.5, 0.6) is 5.88 Å². The van der Waals surface area contributed by atoms with Gasteiger partial charge in [-0.1, -0.05) is 0 Å². The van der Waals surface area contributed by atoms with E-state index in [0.717, 1.165) is 13.0 Å². The van der Waals surface area contributed by atoms with Gasteiger partial charge in [0, 0.05) is 6.54 Å². The van der Waals surface area contributed by atoms with Crippen LogP contribution in [0.3, 0.4) is 0 Å². The molecule has 0 spiro atoms. The second-order valence-corrected chi connectivity index (χ2v) is 4.18. The number of ether oxygens (including phenoxy) is 1. The minimum Gasteiger partial charge on any atom is -0.477 e. The molecule has 0 amide bonds. The Hall–Kier alpha value is -0.880. The molecule has 1 rings (SSSR count).